The molecule has 1 aliphatic rings. The number of ketones is 1. The Labute approximate surface area is 114 Å². The summed E-state index contributed by atoms with van der Waals surface area (Å²) in [7, 11) is 0. The zero-order valence-corrected chi connectivity index (χ0v) is 10.4. The summed E-state index contributed by atoms with van der Waals surface area (Å²) in [5, 5.41) is 30.6. The molecular weight excluding hydrogens is 260 g/mol. The first kappa shape index (κ1) is 12.8. The van der Waals surface area contributed by atoms with Crippen molar-refractivity contribution in [2.24, 2.45) is 0 Å². The van der Waals surface area contributed by atoms with Crippen LogP contribution in [0, 0.1) is 0 Å². The van der Waals surface area contributed by atoms with Gasteiger partial charge in [-0.15, -0.1) is 0 Å². The molecule has 5 nitrogen and oxygen atoms in total. The monoisotopic (exact) mass is 272 g/mol. The van der Waals surface area contributed by atoms with Crippen LogP contribution in [0.1, 0.15) is 11.1 Å². The van der Waals surface area contributed by atoms with Crippen molar-refractivity contribution in [1.29, 1.82) is 0 Å². The highest BCUT2D eigenvalue weighted by atomic mass is 16.6. The molecule has 20 heavy (non-hydrogen) atoms. The number of rotatable bonds is 1. The van der Waals surface area contributed by atoms with Gasteiger partial charge in [-0.3, -0.25) is 4.79 Å². The number of fused-ring (bicyclic) bond motifs is 1. The van der Waals surface area contributed by atoms with Crippen LogP contribution in [0.25, 0.3) is 0 Å². The number of carbonyl (C=O) groups is 1. The summed E-state index contributed by atoms with van der Waals surface area (Å²) >= 11 is 0. The summed E-state index contributed by atoms with van der Waals surface area (Å²) < 4.78 is 5.34. The summed E-state index contributed by atoms with van der Waals surface area (Å²) in [4.78, 5) is 12.3. The highest BCUT2D eigenvalue weighted by molar-refractivity contribution is 5.95. The summed E-state index contributed by atoms with van der Waals surface area (Å²) in [6.07, 6.45) is 0. The lowest BCUT2D eigenvalue weighted by molar-refractivity contribution is -0.242. The van der Waals surface area contributed by atoms with Gasteiger partial charge in [0.2, 0.25) is 0 Å². The van der Waals surface area contributed by atoms with E-state index in [-0.39, 0.29) is 16.9 Å². The summed E-state index contributed by atoms with van der Waals surface area (Å²) in [6.45, 7) is 0. The zero-order valence-electron chi connectivity index (χ0n) is 10.4. The van der Waals surface area contributed by atoms with Crippen LogP contribution in [0.3, 0.4) is 0 Å². The molecule has 0 saturated carbocycles. The van der Waals surface area contributed by atoms with Crippen molar-refractivity contribution in [3.63, 3.8) is 0 Å². The van der Waals surface area contributed by atoms with Gasteiger partial charge in [-0.25, -0.2) is 0 Å². The topological polar surface area (TPSA) is 87.0 Å². The van der Waals surface area contributed by atoms with E-state index in [1.165, 1.54) is 24.3 Å². The third kappa shape index (κ3) is 1.65. The van der Waals surface area contributed by atoms with Gasteiger partial charge in [-0.1, -0.05) is 42.5 Å². The minimum atomic E-state index is -2.81. The first-order valence-electron chi connectivity index (χ1n) is 6.02. The van der Waals surface area contributed by atoms with Crippen LogP contribution >= 0.6 is 0 Å². The molecule has 0 radical (unpaired) electrons. The molecule has 0 spiro atoms. The molecule has 102 valence electrons. The Morgan fingerprint density at radius 1 is 0.850 bits per heavy atom. The third-order valence-corrected chi connectivity index (χ3v) is 3.31. The molecular formula is C15H12O5. The lowest BCUT2D eigenvalue weighted by Crippen LogP contribution is -2.56. The number of aliphatic hydroxyl groups is 3. The number of carbonyl (C=O) groups excluding carboxylic acids is 1. The molecule has 0 saturated heterocycles. The maximum atomic E-state index is 12.3. The van der Waals surface area contributed by atoms with Crippen LogP contribution < -0.4 is 4.74 Å². The first-order valence-corrected chi connectivity index (χ1v) is 6.02. The first-order chi connectivity index (χ1) is 9.46. The van der Waals surface area contributed by atoms with Crippen LogP contribution in [-0.2, 0) is 16.4 Å². The molecule has 2 aromatic carbocycles. The molecule has 1 unspecified atom stereocenters. The smallest absolute Gasteiger partial charge is 0.301 e. The van der Waals surface area contributed by atoms with E-state index in [9.17, 15) is 20.1 Å². The van der Waals surface area contributed by atoms with E-state index in [1.54, 1.807) is 30.3 Å². The highest BCUT2D eigenvalue weighted by Crippen LogP contribution is 2.42. The fourth-order valence-electron chi connectivity index (χ4n) is 2.26. The van der Waals surface area contributed by atoms with E-state index in [0.717, 1.165) is 0 Å². The van der Waals surface area contributed by atoms with Gasteiger partial charge >= 0.3 is 5.79 Å². The van der Waals surface area contributed by atoms with Crippen LogP contribution in [-0.4, -0.2) is 21.1 Å². The molecule has 0 amide bonds. The van der Waals surface area contributed by atoms with Crippen molar-refractivity contribution in [3.8, 4) is 5.75 Å². The number of benzene rings is 2. The molecule has 0 bridgehead atoms. The fraction of sp³-hybridized carbons (Fsp3) is 0.133. The predicted molar refractivity (Wildman–Crippen MR) is 68.5 cm³/mol. The Bertz CT molecular complexity index is 665. The van der Waals surface area contributed by atoms with E-state index >= 15 is 0 Å². The lowest BCUT2D eigenvalue weighted by atomic mass is 9.88. The Hall–Kier alpha value is -2.21. The van der Waals surface area contributed by atoms with E-state index < -0.39 is 17.4 Å². The standard InChI is InChI=1S/C15H12O5/c16-13-14(17,18)11-8-4-5-9-12(11)20-15(13,19)10-6-2-1-3-7-10/h1-9,17-19H. The van der Waals surface area contributed by atoms with Crippen molar-refractivity contribution in [2.45, 2.75) is 11.6 Å². The second kappa shape index (κ2) is 4.14. The molecule has 2 aromatic rings. The number of hydrogen-bond acceptors (Lipinski definition) is 5. The minimum Gasteiger partial charge on any atom is -0.450 e. The van der Waals surface area contributed by atoms with Gasteiger partial charge in [-0.2, -0.15) is 0 Å². The van der Waals surface area contributed by atoms with Gasteiger partial charge in [0.25, 0.3) is 11.6 Å². The van der Waals surface area contributed by atoms with Crippen molar-refractivity contribution in [2.75, 3.05) is 0 Å². The molecule has 1 atom stereocenters. The Morgan fingerprint density at radius 2 is 1.45 bits per heavy atom. The molecule has 3 N–H and O–H groups in total. The third-order valence-electron chi connectivity index (χ3n) is 3.31. The number of ether oxygens (including phenoxy) is 1. The van der Waals surface area contributed by atoms with Crippen LogP contribution in [0.2, 0.25) is 0 Å². The number of hydrogen-bond donors (Lipinski definition) is 3. The molecule has 3 rings (SSSR count). The molecule has 1 aliphatic heterocycles. The van der Waals surface area contributed by atoms with Crippen molar-refractivity contribution < 1.29 is 24.9 Å². The average molecular weight is 272 g/mol. The van der Waals surface area contributed by atoms with Gasteiger partial charge in [0.05, 0.1) is 5.56 Å². The fourth-order valence-corrected chi connectivity index (χ4v) is 2.26. The largest absolute Gasteiger partial charge is 0.450 e. The van der Waals surface area contributed by atoms with E-state index in [4.69, 9.17) is 4.74 Å². The van der Waals surface area contributed by atoms with E-state index in [2.05, 4.69) is 0 Å². The van der Waals surface area contributed by atoms with Crippen LogP contribution in [0.4, 0.5) is 0 Å². The molecule has 0 fully saturated rings. The minimum absolute atomic E-state index is 0.0449. The second-order valence-corrected chi connectivity index (χ2v) is 4.61. The van der Waals surface area contributed by atoms with Gasteiger partial charge < -0.3 is 20.1 Å². The summed E-state index contributed by atoms with van der Waals surface area (Å²) in [5.41, 5.74) is 0.0394. The number of Topliss-reactive ketones (excluding diaryl/α,β-unsaturated/α-hetero) is 1. The average Bonchev–Trinajstić information content (AvgIpc) is 2.46. The normalized spacial score (nSPS) is 23.9. The van der Waals surface area contributed by atoms with Crippen molar-refractivity contribution in [1.82, 2.24) is 0 Å². The maximum Gasteiger partial charge on any atom is 0.301 e. The van der Waals surface area contributed by atoms with E-state index in [0.29, 0.717) is 0 Å². The molecule has 1 heterocycles. The summed E-state index contributed by atoms with van der Waals surface area (Å²) in [6, 6.07) is 13.8. The van der Waals surface area contributed by atoms with Crippen molar-refractivity contribution in [3.05, 3.63) is 65.7 Å². The van der Waals surface area contributed by atoms with Crippen LogP contribution in [0.15, 0.2) is 54.6 Å². The second-order valence-electron chi connectivity index (χ2n) is 4.61. The SMILES string of the molecule is O=C1C(O)(O)c2ccccc2OC1(O)c1ccccc1. The van der Waals surface area contributed by atoms with Gasteiger partial charge in [0, 0.05) is 5.56 Å². The van der Waals surface area contributed by atoms with Gasteiger partial charge in [0.1, 0.15) is 5.75 Å². The predicted octanol–water partition coefficient (Wildman–Crippen LogP) is 0.631. The maximum absolute atomic E-state index is 12.3. The Balaban J connectivity index is 2.20. The van der Waals surface area contributed by atoms with Gasteiger partial charge in [-0.05, 0) is 12.1 Å². The van der Waals surface area contributed by atoms with Crippen molar-refractivity contribution >= 4 is 5.78 Å². The lowest BCUT2D eigenvalue weighted by Gasteiger charge is -2.38. The number of para-hydroxylation sites is 1. The Kier molecular flexibility index (Phi) is 2.65. The highest BCUT2D eigenvalue weighted by Gasteiger charge is 2.57. The van der Waals surface area contributed by atoms with E-state index in [1.807, 2.05) is 0 Å². The summed E-state index contributed by atoms with van der Waals surface area (Å²) in [5.74, 6) is -6.43. The van der Waals surface area contributed by atoms with Gasteiger partial charge in [0.15, 0.2) is 0 Å². The Morgan fingerprint density at radius 3 is 2.15 bits per heavy atom. The molecule has 0 aromatic heterocycles. The molecule has 0 aliphatic carbocycles. The van der Waals surface area contributed by atoms with Crippen LogP contribution in [0.5, 0.6) is 5.75 Å². The quantitative estimate of drug-likeness (QED) is 0.663. The molecule has 5 heteroatoms. The zero-order chi connectivity index (χ0) is 14.4.